The first kappa shape index (κ1) is 20.8. The average molecular weight is 440 g/mol. The van der Waals surface area contributed by atoms with Gasteiger partial charge < -0.3 is 10.2 Å². The third kappa shape index (κ3) is 4.74. The van der Waals surface area contributed by atoms with E-state index in [1.54, 1.807) is 17.1 Å². The van der Waals surface area contributed by atoms with Crippen LogP contribution in [0.15, 0.2) is 73.2 Å². The van der Waals surface area contributed by atoms with Crippen LogP contribution in [0.4, 0.5) is 11.5 Å². The van der Waals surface area contributed by atoms with Gasteiger partial charge in [0.05, 0.1) is 17.6 Å². The summed E-state index contributed by atoms with van der Waals surface area (Å²) in [7, 11) is 0. The summed E-state index contributed by atoms with van der Waals surface area (Å²) in [6, 6.07) is 17.5. The second kappa shape index (κ2) is 9.60. The van der Waals surface area contributed by atoms with Crippen molar-refractivity contribution in [3.63, 3.8) is 0 Å². The molecule has 1 saturated heterocycles. The molecule has 4 aromatic rings. The number of nitrogens with zero attached hydrogens (tertiary/aromatic N) is 6. The molecule has 0 spiro atoms. The normalized spacial score (nSPS) is 13.6. The molecule has 33 heavy (non-hydrogen) atoms. The van der Waals surface area contributed by atoms with Crippen LogP contribution in [0.2, 0.25) is 0 Å². The van der Waals surface area contributed by atoms with Gasteiger partial charge in [-0.15, -0.1) is 5.10 Å². The highest BCUT2D eigenvalue weighted by molar-refractivity contribution is 5.90. The van der Waals surface area contributed by atoms with Gasteiger partial charge in [0.2, 0.25) is 5.91 Å². The Kier molecular flexibility index (Phi) is 6.06. The van der Waals surface area contributed by atoms with Crippen LogP contribution in [-0.2, 0) is 11.3 Å². The summed E-state index contributed by atoms with van der Waals surface area (Å²) in [6.07, 6.45) is 8.97. The van der Waals surface area contributed by atoms with Gasteiger partial charge in [-0.3, -0.25) is 9.78 Å². The van der Waals surface area contributed by atoms with E-state index in [-0.39, 0.29) is 12.5 Å². The second-order valence-electron chi connectivity index (χ2n) is 8.04. The fraction of sp³-hybridized carbons (Fsp3) is 0.240. The summed E-state index contributed by atoms with van der Waals surface area (Å²) in [5.41, 5.74) is 4.42. The highest BCUT2D eigenvalue weighted by Gasteiger charge is 2.19. The molecular weight excluding hydrogens is 414 g/mol. The number of piperidine rings is 1. The number of nitrogens with one attached hydrogen (secondary N) is 1. The van der Waals surface area contributed by atoms with E-state index < -0.39 is 0 Å². The highest BCUT2D eigenvalue weighted by atomic mass is 16.2. The van der Waals surface area contributed by atoms with Crippen molar-refractivity contribution in [2.24, 2.45) is 0 Å². The number of pyridine rings is 2. The van der Waals surface area contributed by atoms with Gasteiger partial charge in [-0.1, -0.05) is 35.5 Å². The summed E-state index contributed by atoms with van der Waals surface area (Å²) >= 11 is 0. The first-order valence-electron chi connectivity index (χ1n) is 11.2. The van der Waals surface area contributed by atoms with Crippen molar-refractivity contribution in [2.75, 3.05) is 23.3 Å². The van der Waals surface area contributed by atoms with Crippen molar-refractivity contribution in [3.8, 4) is 22.5 Å². The Labute approximate surface area is 192 Å². The lowest BCUT2D eigenvalue weighted by atomic mass is 10.1. The van der Waals surface area contributed by atoms with Crippen molar-refractivity contribution >= 4 is 17.4 Å². The summed E-state index contributed by atoms with van der Waals surface area (Å²) in [5.74, 6) is 0.313. The number of carbonyl (C=O) groups is 1. The molecule has 166 valence electrons. The third-order valence-electron chi connectivity index (χ3n) is 5.77. The maximum absolute atomic E-state index is 12.8. The molecule has 0 atom stereocenters. The van der Waals surface area contributed by atoms with Gasteiger partial charge in [-0.05, 0) is 43.5 Å². The Hall–Kier alpha value is -4.07. The molecule has 0 unspecified atom stereocenters. The number of rotatable bonds is 6. The molecule has 0 aliphatic carbocycles. The molecule has 8 nitrogen and oxygen atoms in total. The van der Waals surface area contributed by atoms with Crippen LogP contribution in [-0.4, -0.2) is 44.0 Å². The number of benzene rings is 1. The van der Waals surface area contributed by atoms with Gasteiger partial charge >= 0.3 is 0 Å². The van der Waals surface area contributed by atoms with Crippen LogP contribution in [0.3, 0.4) is 0 Å². The van der Waals surface area contributed by atoms with Crippen molar-refractivity contribution in [1.82, 2.24) is 25.0 Å². The van der Waals surface area contributed by atoms with E-state index in [2.05, 4.69) is 30.5 Å². The number of hydrogen-bond acceptors (Lipinski definition) is 6. The fourth-order valence-electron chi connectivity index (χ4n) is 4.13. The van der Waals surface area contributed by atoms with Crippen LogP contribution in [0, 0.1) is 0 Å². The van der Waals surface area contributed by atoms with Crippen LogP contribution in [0.5, 0.6) is 0 Å². The van der Waals surface area contributed by atoms with E-state index in [4.69, 9.17) is 0 Å². The van der Waals surface area contributed by atoms with Gasteiger partial charge in [0, 0.05) is 36.6 Å². The molecule has 1 fully saturated rings. The van der Waals surface area contributed by atoms with Crippen LogP contribution < -0.4 is 10.2 Å². The number of carbonyl (C=O) groups excluding carboxylic acids is 1. The molecule has 1 N–H and O–H groups in total. The van der Waals surface area contributed by atoms with Crippen LogP contribution >= 0.6 is 0 Å². The van der Waals surface area contributed by atoms with Crippen molar-refractivity contribution in [3.05, 3.63) is 73.2 Å². The van der Waals surface area contributed by atoms with Crippen molar-refractivity contribution < 1.29 is 4.79 Å². The summed E-state index contributed by atoms with van der Waals surface area (Å²) < 4.78 is 1.63. The maximum atomic E-state index is 12.8. The molecule has 0 bridgehead atoms. The van der Waals surface area contributed by atoms with E-state index in [0.717, 1.165) is 35.6 Å². The Morgan fingerprint density at radius 3 is 2.42 bits per heavy atom. The minimum atomic E-state index is -0.211. The van der Waals surface area contributed by atoms with Gasteiger partial charge in [-0.25, -0.2) is 9.67 Å². The summed E-state index contributed by atoms with van der Waals surface area (Å²) in [5, 5.41) is 11.5. The van der Waals surface area contributed by atoms with E-state index in [1.807, 2.05) is 60.8 Å². The predicted octanol–water partition coefficient (Wildman–Crippen LogP) is 4.03. The minimum absolute atomic E-state index is 0.0257. The second-order valence-corrected chi connectivity index (χ2v) is 8.04. The molecule has 1 aromatic carbocycles. The van der Waals surface area contributed by atoms with E-state index in [9.17, 15) is 4.79 Å². The lowest BCUT2D eigenvalue weighted by Gasteiger charge is -2.28. The molecule has 1 aliphatic rings. The van der Waals surface area contributed by atoms with Gasteiger partial charge in [0.15, 0.2) is 0 Å². The summed E-state index contributed by atoms with van der Waals surface area (Å²) in [6.45, 7) is 2.14. The van der Waals surface area contributed by atoms with Crippen LogP contribution in [0.1, 0.15) is 19.3 Å². The monoisotopic (exact) mass is 439 g/mol. The number of hydrogen-bond donors (Lipinski definition) is 1. The van der Waals surface area contributed by atoms with Gasteiger partial charge in [0.1, 0.15) is 18.1 Å². The fourth-order valence-corrected chi connectivity index (χ4v) is 4.13. The quantitative estimate of drug-likeness (QED) is 0.488. The smallest absolute Gasteiger partial charge is 0.247 e. The SMILES string of the molecule is O=C(Cn1nnc(-c2ccncc2)c1-c1ccccc1)Nc1ccc(N2CCCCC2)cn1. The molecule has 8 heteroatoms. The molecule has 0 radical (unpaired) electrons. The Balaban J connectivity index is 1.35. The zero-order chi connectivity index (χ0) is 22.5. The number of aromatic nitrogens is 5. The number of amides is 1. The predicted molar refractivity (Wildman–Crippen MR) is 128 cm³/mol. The lowest BCUT2D eigenvalue weighted by molar-refractivity contribution is -0.116. The third-order valence-corrected chi connectivity index (χ3v) is 5.77. The molecule has 4 heterocycles. The molecule has 3 aromatic heterocycles. The largest absolute Gasteiger partial charge is 0.370 e. The average Bonchev–Trinajstić information content (AvgIpc) is 3.29. The highest BCUT2D eigenvalue weighted by Crippen LogP contribution is 2.30. The first-order valence-corrected chi connectivity index (χ1v) is 11.2. The van der Waals surface area contributed by atoms with E-state index >= 15 is 0 Å². The first-order chi connectivity index (χ1) is 16.3. The lowest BCUT2D eigenvalue weighted by Crippen LogP contribution is -2.29. The van der Waals surface area contributed by atoms with Crippen molar-refractivity contribution in [1.29, 1.82) is 0 Å². The topological polar surface area (TPSA) is 88.8 Å². The van der Waals surface area contributed by atoms with Crippen LogP contribution in [0.25, 0.3) is 22.5 Å². The van der Waals surface area contributed by atoms with Gasteiger partial charge in [-0.2, -0.15) is 0 Å². The Morgan fingerprint density at radius 2 is 1.70 bits per heavy atom. The number of anilines is 2. The Morgan fingerprint density at radius 1 is 0.909 bits per heavy atom. The zero-order valence-corrected chi connectivity index (χ0v) is 18.3. The Bertz CT molecular complexity index is 1200. The zero-order valence-electron chi connectivity index (χ0n) is 18.3. The van der Waals surface area contributed by atoms with E-state index in [0.29, 0.717) is 11.5 Å². The van der Waals surface area contributed by atoms with Gasteiger partial charge in [0.25, 0.3) is 0 Å². The van der Waals surface area contributed by atoms with E-state index in [1.165, 1.54) is 19.3 Å². The molecular formula is C25H25N7O. The maximum Gasteiger partial charge on any atom is 0.247 e. The van der Waals surface area contributed by atoms with Crippen molar-refractivity contribution in [2.45, 2.75) is 25.8 Å². The minimum Gasteiger partial charge on any atom is -0.370 e. The molecule has 5 rings (SSSR count). The molecule has 1 amide bonds. The molecule has 1 aliphatic heterocycles. The standard InChI is InChI=1S/C25H25N7O/c33-23(28-22-10-9-21(17-27-22)31-15-5-2-6-16-31)18-32-25(20-7-3-1-4-8-20)24(29-30-32)19-11-13-26-14-12-19/h1,3-4,7-14,17H,2,5-6,15-16,18H2,(H,27,28,33). The molecule has 0 saturated carbocycles. The summed E-state index contributed by atoms with van der Waals surface area (Å²) in [4.78, 5) is 23.7.